The number of fused-ring (bicyclic) bond motifs is 1. The molecule has 0 saturated heterocycles. The summed E-state index contributed by atoms with van der Waals surface area (Å²) in [6.45, 7) is 1.04. The maximum Gasteiger partial charge on any atom is 0.319 e. The van der Waals surface area contributed by atoms with Gasteiger partial charge in [0.25, 0.3) is 0 Å². The molecule has 0 aliphatic rings. The molecule has 0 aliphatic carbocycles. The highest BCUT2D eigenvalue weighted by Crippen LogP contribution is 2.21. The molecule has 0 amide bonds. The Morgan fingerprint density at radius 1 is 1.39 bits per heavy atom. The molecule has 0 unspecified atom stereocenters. The van der Waals surface area contributed by atoms with E-state index in [0.29, 0.717) is 6.54 Å². The number of carbonyl (C=O) groups is 1. The third kappa shape index (κ3) is 2.54. The third-order valence-electron chi connectivity index (χ3n) is 3.05. The highest BCUT2D eigenvalue weighted by molar-refractivity contribution is 5.83. The number of esters is 1. The van der Waals surface area contributed by atoms with Crippen molar-refractivity contribution in [3.8, 4) is 0 Å². The third-order valence-corrected chi connectivity index (χ3v) is 3.05. The van der Waals surface area contributed by atoms with E-state index in [-0.39, 0.29) is 5.97 Å². The number of para-hydroxylation sites is 1. The molecule has 0 saturated carbocycles. The monoisotopic (exact) mass is 246 g/mol. The number of likely N-dealkylation sites (N-methyl/N-ethyl adjacent to an activating group) is 1. The van der Waals surface area contributed by atoms with Crippen molar-refractivity contribution in [2.45, 2.75) is 6.54 Å². The van der Waals surface area contributed by atoms with E-state index in [1.807, 2.05) is 31.1 Å². The van der Waals surface area contributed by atoms with Crippen LogP contribution in [0.3, 0.4) is 0 Å². The van der Waals surface area contributed by atoms with Crippen LogP contribution in [0.5, 0.6) is 0 Å². The minimum Gasteiger partial charge on any atom is -0.468 e. The first-order valence-corrected chi connectivity index (χ1v) is 5.90. The Morgan fingerprint density at radius 3 is 2.83 bits per heavy atom. The van der Waals surface area contributed by atoms with Gasteiger partial charge in [-0.05, 0) is 18.7 Å². The first-order chi connectivity index (χ1) is 8.61. The summed E-state index contributed by atoms with van der Waals surface area (Å²) in [4.78, 5) is 13.2. The lowest BCUT2D eigenvalue weighted by Crippen LogP contribution is -2.26. The zero-order chi connectivity index (χ0) is 13.1. The van der Waals surface area contributed by atoms with Gasteiger partial charge in [-0.25, -0.2) is 0 Å². The minimum absolute atomic E-state index is 0.210. The smallest absolute Gasteiger partial charge is 0.319 e. The van der Waals surface area contributed by atoms with Gasteiger partial charge in [0.2, 0.25) is 0 Å². The summed E-state index contributed by atoms with van der Waals surface area (Å²) in [6, 6.07) is 8.27. The van der Waals surface area contributed by atoms with Crippen molar-refractivity contribution in [2.24, 2.45) is 7.05 Å². The molecule has 0 atom stereocenters. The fourth-order valence-corrected chi connectivity index (χ4v) is 2.18. The Labute approximate surface area is 107 Å². The first kappa shape index (κ1) is 12.6. The largest absolute Gasteiger partial charge is 0.468 e. The summed E-state index contributed by atoms with van der Waals surface area (Å²) in [5.41, 5.74) is 2.43. The zero-order valence-corrected chi connectivity index (χ0v) is 11.0. The van der Waals surface area contributed by atoms with Crippen LogP contribution in [0, 0.1) is 0 Å². The van der Waals surface area contributed by atoms with Gasteiger partial charge >= 0.3 is 5.97 Å². The van der Waals surface area contributed by atoms with Crippen molar-refractivity contribution in [3.05, 3.63) is 36.0 Å². The lowest BCUT2D eigenvalue weighted by atomic mass is 10.1. The second-order valence-corrected chi connectivity index (χ2v) is 4.53. The Balaban J connectivity index is 2.19. The van der Waals surface area contributed by atoms with E-state index in [1.165, 1.54) is 23.6 Å². The van der Waals surface area contributed by atoms with Gasteiger partial charge in [0, 0.05) is 30.7 Å². The fourth-order valence-electron chi connectivity index (χ4n) is 2.18. The fraction of sp³-hybridized carbons (Fsp3) is 0.357. The van der Waals surface area contributed by atoms with Gasteiger partial charge in [0.1, 0.15) is 0 Å². The standard InChI is InChI=1S/C14H18N2O2/c1-15(10-14(17)18-3)8-11-9-16(2)13-7-5-4-6-12(11)13/h4-7,9H,8,10H2,1-3H3. The molecule has 0 fully saturated rings. The Kier molecular flexibility index (Phi) is 3.67. The summed E-state index contributed by atoms with van der Waals surface area (Å²) < 4.78 is 6.77. The Hall–Kier alpha value is -1.81. The molecule has 4 nitrogen and oxygen atoms in total. The Morgan fingerprint density at radius 2 is 2.11 bits per heavy atom. The molecule has 2 aromatic rings. The lowest BCUT2D eigenvalue weighted by molar-refractivity contribution is -0.141. The van der Waals surface area contributed by atoms with E-state index >= 15 is 0 Å². The zero-order valence-electron chi connectivity index (χ0n) is 11.0. The molecule has 0 radical (unpaired) electrons. The van der Waals surface area contributed by atoms with Gasteiger partial charge in [0.15, 0.2) is 0 Å². The van der Waals surface area contributed by atoms with E-state index in [1.54, 1.807) is 0 Å². The van der Waals surface area contributed by atoms with Crippen molar-refractivity contribution in [1.29, 1.82) is 0 Å². The van der Waals surface area contributed by atoms with Gasteiger partial charge < -0.3 is 9.30 Å². The van der Waals surface area contributed by atoms with Gasteiger partial charge in [-0.1, -0.05) is 18.2 Å². The number of aromatic nitrogens is 1. The van der Waals surface area contributed by atoms with Crippen LogP contribution in [0.1, 0.15) is 5.56 Å². The van der Waals surface area contributed by atoms with Crippen molar-refractivity contribution >= 4 is 16.9 Å². The van der Waals surface area contributed by atoms with Gasteiger partial charge in [0.05, 0.1) is 13.7 Å². The van der Waals surface area contributed by atoms with Crippen molar-refractivity contribution in [1.82, 2.24) is 9.47 Å². The summed E-state index contributed by atoms with van der Waals surface area (Å²) in [6.07, 6.45) is 2.11. The van der Waals surface area contributed by atoms with Crippen LogP contribution in [0.25, 0.3) is 10.9 Å². The summed E-state index contributed by atoms with van der Waals surface area (Å²) in [7, 11) is 5.36. The van der Waals surface area contributed by atoms with Crippen LogP contribution < -0.4 is 0 Å². The summed E-state index contributed by atoms with van der Waals surface area (Å²) in [5, 5.41) is 1.23. The van der Waals surface area contributed by atoms with Crippen molar-refractivity contribution in [2.75, 3.05) is 20.7 Å². The highest BCUT2D eigenvalue weighted by atomic mass is 16.5. The average Bonchev–Trinajstić information content (AvgIpc) is 2.67. The number of benzene rings is 1. The summed E-state index contributed by atoms with van der Waals surface area (Å²) in [5.74, 6) is -0.210. The Bertz CT molecular complexity index is 560. The molecule has 1 aromatic carbocycles. The molecule has 1 aromatic heterocycles. The van der Waals surface area contributed by atoms with Crippen LogP contribution >= 0.6 is 0 Å². The minimum atomic E-state index is -0.210. The van der Waals surface area contributed by atoms with Gasteiger partial charge in [-0.2, -0.15) is 0 Å². The SMILES string of the molecule is COC(=O)CN(C)Cc1cn(C)c2ccccc12. The van der Waals surface area contributed by atoms with Gasteiger partial charge in [-0.3, -0.25) is 9.69 Å². The molecular formula is C14H18N2O2. The number of rotatable bonds is 4. The topological polar surface area (TPSA) is 34.5 Å². The van der Waals surface area contributed by atoms with E-state index < -0.39 is 0 Å². The predicted molar refractivity (Wildman–Crippen MR) is 71.3 cm³/mol. The number of hydrogen-bond donors (Lipinski definition) is 0. The van der Waals surface area contributed by atoms with E-state index in [4.69, 9.17) is 0 Å². The average molecular weight is 246 g/mol. The maximum absolute atomic E-state index is 11.2. The van der Waals surface area contributed by atoms with Crippen LogP contribution in [-0.4, -0.2) is 36.1 Å². The number of carbonyl (C=O) groups excluding carboxylic acids is 1. The van der Waals surface area contributed by atoms with Crippen LogP contribution in [0.15, 0.2) is 30.5 Å². The van der Waals surface area contributed by atoms with Gasteiger partial charge in [-0.15, -0.1) is 0 Å². The van der Waals surface area contributed by atoms with Crippen LogP contribution in [0.2, 0.25) is 0 Å². The second kappa shape index (κ2) is 5.23. The number of ether oxygens (including phenoxy) is 1. The molecule has 4 heteroatoms. The van der Waals surface area contributed by atoms with Crippen LogP contribution in [0.4, 0.5) is 0 Å². The molecule has 18 heavy (non-hydrogen) atoms. The molecule has 0 spiro atoms. The lowest BCUT2D eigenvalue weighted by Gasteiger charge is -2.14. The van der Waals surface area contributed by atoms with Crippen molar-refractivity contribution < 1.29 is 9.53 Å². The quantitative estimate of drug-likeness (QED) is 0.771. The normalized spacial score (nSPS) is 11.1. The number of aryl methyl sites for hydroxylation is 1. The second-order valence-electron chi connectivity index (χ2n) is 4.53. The molecule has 0 N–H and O–H groups in total. The number of methoxy groups -OCH3 is 1. The van der Waals surface area contributed by atoms with E-state index in [0.717, 1.165) is 6.54 Å². The molecular weight excluding hydrogens is 228 g/mol. The predicted octanol–water partition coefficient (Wildman–Crippen LogP) is 1.78. The summed E-state index contributed by atoms with van der Waals surface area (Å²) >= 11 is 0. The molecule has 0 bridgehead atoms. The number of hydrogen-bond acceptors (Lipinski definition) is 3. The molecule has 96 valence electrons. The molecule has 0 aliphatic heterocycles. The van der Waals surface area contributed by atoms with E-state index in [2.05, 4.69) is 27.6 Å². The van der Waals surface area contributed by atoms with Crippen LogP contribution in [-0.2, 0) is 23.1 Å². The highest BCUT2D eigenvalue weighted by Gasteiger charge is 2.11. The van der Waals surface area contributed by atoms with Crippen molar-refractivity contribution in [3.63, 3.8) is 0 Å². The molecule has 2 rings (SSSR count). The first-order valence-electron chi connectivity index (χ1n) is 5.90. The van der Waals surface area contributed by atoms with E-state index in [9.17, 15) is 4.79 Å². The maximum atomic E-state index is 11.2. The molecule has 1 heterocycles. The number of nitrogens with zero attached hydrogens (tertiary/aromatic N) is 2.